The number of nitrogens with zero attached hydrogens (tertiary/aromatic N) is 1. The van der Waals surface area contributed by atoms with Crippen LogP contribution in [-0.4, -0.2) is 11.1 Å². The third kappa shape index (κ3) is 2.11. The molecule has 0 aliphatic rings. The second-order valence-corrected chi connectivity index (χ2v) is 3.62. The predicted octanol–water partition coefficient (Wildman–Crippen LogP) is 2.54. The van der Waals surface area contributed by atoms with Gasteiger partial charge in [0, 0.05) is 5.69 Å². The summed E-state index contributed by atoms with van der Waals surface area (Å²) in [5.74, 6) is 0.314. The molecule has 1 N–H and O–H groups in total. The van der Waals surface area contributed by atoms with Gasteiger partial charge in [0.1, 0.15) is 11.3 Å². The Balaban J connectivity index is 2.17. The molecule has 0 unspecified atom stereocenters. The van der Waals surface area contributed by atoms with E-state index in [9.17, 15) is 4.79 Å². The Bertz CT molecular complexity index is 517. The fourth-order valence-electron chi connectivity index (χ4n) is 1.44. The van der Waals surface area contributed by atoms with Crippen molar-refractivity contribution in [1.82, 2.24) is 5.16 Å². The van der Waals surface area contributed by atoms with Crippen LogP contribution >= 0.6 is 0 Å². The summed E-state index contributed by atoms with van der Waals surface area (Å²) < 4.78 is 4.84. The summed E-state index contributed by atoms with van der Waals surface area (Å²) in [6, 6.07) is 7.61. The molecule has 0 saturated heterocycles. The van der Waals surface area contributed by atoms with Crippen LogP contribution in [0.5, 0.6) is 0 Å². The Kier molecular flexibility index (Phi) is 2.72. The Morgan fingerprint density at radius 2 is 2.19 bits per heavy atom. The van der Waals surface area contributed by atoms with E-state index in [1.807, 2.05) is 31.2 Å². The van der Waals surface area contributed by atoms with Crippen LogP contribution in [0.3, 0.4) is 0 Å². The van der Waals surface area contributed by atoms with Crippen LogP contribution in [0, 0.1) is 13.8 Å². The van der Waals surface area contributed by atoms with Gasteiger partial charge in [-0.25, -0.2) is 0 Å². The molecule has 0 saturated carbocycles. The number of hydrogen-bond acceptors (Lipinski definition) is 3. The van der Waals surface area contributed by atoms with Crippen molar-refractivity contribution in [3.63, 3.8) is 0 Å². The highest BCUT2D eigenvalue weighted by Crippen LogP contribution is 2.13. The molecule has 0 radical (unpaired) electrons. The molecule has 1 heterocycles. The number of benzene rings is 1. The van der Waals surface area contributed by atoms with Crippen LogP contribution < -0.4 is 5.32 Å². The van der Waals surface area contributed by atoms with E-state index in [2.05, 4.69) is 10.5 Å². The third-order valence-electron chi connectivity index (χ3n) is 2.27. The predicted molar refractivity (Wildman–Crippen MR) is 60.4 cm³/mol. The second kappa shape index (κ2) is 4.18. The van der Waals surface area contributed by atoms with Crippen LogP contribution in [-0.2, 0) is 0 Å². The molecule has 0 aliphatic carbocycles. The van der Waals surface area contributed by atoms with Gasteiger partial charge in [-0.05, 0) is 31.5 Å². The summed E-state index contributed by atoms with van der Waals surface area (Å²) in [6.07, 6.45) is 1.42. The van der Waals surface area contributed by atoms with Crippen molar-refractivity contribution >= 4 is 11.6 Å². The number of amides is 1. The zero-order valence-corrected chi connectivity index (χ0v) is 9.15. The van der Waals surface area contributed by atoms with Gasteiger partial charge in [-0.15, -0.1) is 0 Å². The number of anilines is 1. The minimum atomic E-state index is -0.204. The highest BCUT2D eigenvalue weighted by molar-refractivity contribution is 6.04. The minimum absolute atomic E-state index is 0.204. The van der Waals surface area contributed by atoms with Crippen molar-refractivity contribution in [2.75, 3.05) is 5.32 Å². The van der Waals surface area contributed by atoms with Crippen molar-refractivity contribution in [3.8, 4) is 0 Å². The quantitative estimate of drug-likeness (QED) is 0.839. The first-order valence-corrected chi connectivity index (χ1v) is 4.96. The van der Waals surface area contributed by atoms with Gasteiger partial charge < -0.3 is 9.84 Å². The second-order valence-electron chi connectivity index (χ2n) is 3.62. The number of carbonyl (C=O) groups is 1. The third-order valence-corrected chi connectivity index (χ3v) is 2.27. The first-order valence-electron chi connectivity index (χ1n) is 4.96. The van der Waals surface area contributed by atoms with Gasteiger partial charge in [0.15, 0.2) is 0 Å². The number of hydrogen-bond donors (Lipinski definition) is 1. The zero-order valence-electron chi connectivity index (χ0n) is 9.15. The Labute approximate surface area is 93.3 Å². The molecule has 0 bridgehead atoms. The summed E-state index contributed by atoms with van der Waals surface area (Å²) >= 11 is 0. The SMILES string of the molecule is Cc1cccc(NC(=O)c2cnoc2C)c1. The van der Waals surface area contributed by atoms with Crippen molar-refractivity contribution in [2.24, 2.45) is 0 Å². The molecule has 82 valence electrons. The summed E-state index contributed by atoms with van der Waals surface area (Å²) in [5.41, 5.74) is 2.33. The molecule has 1 aromatic carbocycles. The molecule has 0 spiro atoms. The van der Waals surface area contributed by atoms with E-state index < -0.39 is 0 Å². The van der Waals surface area contributed by atoms with E-state index in [1.54, 1.807) is 6.92 Å². The van der Waals surface area contributed by atoms with Crippen LogP contribution in [0.15, 0.2) is 35.0 Å². The maximum absolute atomic E-state index is 11.8. The van der Waals surface area contributed by atoms with Crippen LogP contribution in [0.4, 0.5) is 5.69 Å². The van der Waals surface area contributed by atoms with E-state index in [4.69, 9.17) is 4.52 Å². The smallest absolute Gasteiger partial charge is 0.260 e. The topological polar surface area (TPSA) is 55.1 Å². The number of nitrogens with one attached hydrogen (secondary N) is 1. The normalized spacial score (nSPS) is 10.1. The largest absolute Gasteiger partial charge is 0.361 e. The summed E-state index contributed by atoms with van der Waals surface area (Å²) in [7, 11) is 0. The fourth-order valence-corrected chi connectivity index (χ4v) is 1.44. The molecule has 0 atom stereocenters. The molecular weight excluding hydrogens is 204 g/mol. The first kappa shape index (κ1) is 10.4. The standard InChI is InChI=1S/C12H12N2O2/c1-8-4-3-5-10(6-8)14-12(15)11-7-13-16-9(11)2/h3-7H,1-2H3,(H,14,15). The molecule has 1 amide bonds. The number of carbonyl (C=O) groups excluding carboxylic acids is 1. The van der Waals surface area contributed by atoms with Gasteiger partial charge in [0.2, 0.25) is 0 Å². The molecule has 2 rings (SSSR count). The van der Waals surface area contributed by atoms with E-state index in [-0.39, 0.29) is 5.91 Å². The molecule has 2 aromatic rings. The summed E-state index contributed by atoms with van der Waals surface area (Å²) in [4.78, 5) is 11.8. The van der Waals surface area contributed by atoms with E-state index >= 15 is 0 Å². The van der Waals surface area contributed by atoms with Crippen molar-refractivity contribution in [1.29, 1.82) is 0 Å². The van der Waals surface area contributed by atoms with Crippen molar-refractivity contribution < 1.29 is 9.32 Å². The van der Waals surface area contributed by atoms with Gasteiger partial charge in [0.05, 0.1) is 6.20 Å². The number of aryl methyl sites for hydroxylation is 2. The lowest BCUT2D eigenvalue weighted by atomic mass is 10.2. The van der Waals surface area contributed by atoms with Crippen LogP contribution in [0.2, 0.25) is 0 Å². The Morgan fingerprint density at radius 3 is 2.81 bits per heavy atom. The van der Waals surface area contributed by atoms with E-state index in [1.165, 1.54) is 6.20 Å². The molecule has 0 fully saturated rings. The highest BCUT2D eigenvalue weighted by Gasteiger charge is 2.12. The fraction of sp³-hybridized carbons (Fsp3) is 0.167. The maximum atomic E-state index is 11.8. The lowest BCUT2D eigenvalue weighted by molar-refractivity contribution is 0.102. The van der Waals surface area contributed by atoms with Gasteiger partial charge in [-0.1, -0.05) is 17.3 Å². The van der Waals surface area contributed by atoms with Crippen LogP contribution in [0.1, 0.15) is 21.7 Å². The number of aromatic nitrogens is 1. The Hall–Kier alpha value is -2.10. The highest BCUT2D eigenvalue weighted by atomic mass is 16.5. The molecule has 4 heteroatoms. The molecular formula is C12H12N2O2. The average molecular weight is 216 g/mol. The van der Waals surface area contributed by atoms with Gasteiger partial charge in [0.25, 0.3) is 5.91 Å². The summed E-state index contributed by atoms with van der Waals surface area (Å²) in [5, 5.41) is 6.35. The Morgan fingerprint density at radius 1 is 1.38 bits per heavy atom. The van der Waals surface area contributed by atoms with E-state index in [0.717, 1.165) is 11.3 Å². The minimum Gasteiger partial charge on any atom is -0.361 e. The maximum Gasteiger partial charge on any atom is 0.260 e. The van der Waals surface area contributed by atoms with Gasteiger partial charge in [-0.3, -0.25) is 4.79 Å². The van der Waals surface area contributed by atoms with Gasteiger partial charge in [-0.2, -0.15) is 0 Å². The van der Waals surface area contributed by atoms with Gasteiger partial charge >= 0.3 is 0 Å². The summed E-state index contributed by atoms with van der Waals surface area (Å²) in [6.45, 7) is 3.68. The first-order chi connectivity index (χ1) is 7.66. The molecule has 16 heavy (non-hydrogen) atoms. The average Bonchev–Trinajstić information content (AvgIpc) is 2.64. The zero-order chi connectivity index (χ0) is 11.5. The van der Waals surface area contributed by atoms with E-state index in [0.29, 0.717) is 11.3 Å². The number of rotatable bonds is 2. The molecule has 0 aliphatic heterocycles. The molecule has 4 nitrogen and oxygen atoms in total. The van der Waals surface area contributed by atoms with Crippen molar-refractivity contribution in [2.45, 2.75) is 13.8 Å². The lowest BCUT2D eigenvalue weighted by Crippen LogP contribution is -2.12. The van der Waals surface area contributed by atoms with Crippen molar-refractivity contribution in [3.05, 3.63) is 47.3 Å². The van der Waals surface area contributed by atoms with Crippen LogP contribution in [0.25, 0.3) is 0 Å². The lowest BCUT2D eigenvalue weighted by Gasteiger charge is -2.04. The monoisotopic (exact) mass is 216 g/mol. The molecule has 1 aromatic heterocycles.